The molecular formula is C33H39NO4. The first kappa shape index (κ1) is 28.7. The van der Waals surface area contributed by atoms with E-state index in [0.717, 1.165) is 49.0 Å². The van der Waals surface area contributed by atoms with E-state index in [0.29, 0.717) is 25.2 Å². The summed E-state index contributed by atoms with van der Waals surface area (Å²) in [5.74, 6) is -0.144. The first-order valence-electron chi connectivity index (χ1n) is 13.6. The predicted molar refractivity (Wildman–Crippen MR) is 154 cm³/mol. The standard InChI is InChI=1S/C33H39NO4/c1-3-37-32(35)17-11-8-12-26(24-27-19-22-30(23-20-27)33(36)38-4-2)18-21-29-15-9-10-16-31(29)34-25-28-13-6-5-7-14-28/h5-7,9-10,13-16,18-23,26,34H,3-4,8,11-12,17,24-25H2,1-2H3. The van der Waals surface area contributed by atoms with Gasteiger partial charge < -0.3 is 14.8 Å². The Hall–Kier alpha value is -3.86. The lowest BCUT2D eigenvalue weighted by Gasteiger charge is -2.15. The van der Waals surface area contributed by atoms with E-state index in [9.17, 15) is 9.59 Å². The minimum atomic E-state index is -0.297. The summed E-state index contributed by atoms with van der Waals surface area (Å²) >= 11 is 0. The summed E-state index contributed by atoms with van der Waals surface area (Å²) in [6, 6.07) is 26.3. The molecule has 0 bridgehead atoms. The van der Waals surface area contributed by atoms with E-state index in [1.165, 1.54) is 5.56 Å². The first-order chi connectivity index (χ1) is 18.6. The van der Waals surface area contributed by atoms with Crippen LogP contribution in [-0.2, 0) is 27.2 Å². The average molecular weight is 514 g/mol. The second kappa shape index (κ2) is 16.1. The van der Waals surface area contributed by atoms with Crippen LogP contribution in [-0.4, -0.2) is 25.2 Å². The normalized spacial score (nSPS) is 11.7. The van der Waals surface area contributed by atoms with Crippen molar-refractivity contribution in [3.05, 3.63) is 107 Å². The number of unbranched alkanes of at least 4 members (excludes halogenated alkanes) is 1. The molecular weight excluding hydrogens is 474 g/mol. The Morgan fingerprint density at radius 2 is 1.53 bits per heavy atom. The Morgan fingerprint density at radius 3 is 2.26 bits per heavy atom. The Kier molecular flexibility index (Phi) is 12.1. The van der Waals surface area contributed by atoms with Gasteiger partial charge in [0.25, 0.3) is 0 Å². The summed E-state index contributed by atoms with van der Waals surface area (Å²) in [4.78, 5) is 23.8. The van der Waals surface area contributed by atoms with E-state index in [4.69, 9.17) is 9.47 Å². The summed E-state index contributed by atoms with van der Waals surface area (Å²) < 4.78 is 10.2. The fraction of sp³-hybridized carbons (Fsp3) is 0.333. The lowest BCUT2D eigenvalue weighted by Crippen LogP contribution is -2.07. The van der Waals surface area contributed by atoms with Crippen LogP contribution in [0.1, 0.15) is 66.6 Å². The smallest absolute Gasteiger partial charge is 0.338 e. The third kappa shape index (κ3) is 9.89. The third-order valence-electron chi connectivity index (χ3n) is 6.31. The van der Waals surface area contributed by atoms with Crippen LogP contribution < -0.4 is 5.32 Å². The number of anilines is 1. The molecule has 0 saturated heterocycles. The van der Waals surface area contributed by atoms with Crippen LogP contribution in [0.3, 0.4) is 0 Å². The van der Waals surface area contributed by atoms with Crippen molar-refractivity contribution in [2.45, 2.75) is 52.5 Å². The number of allylic oxidation sites excluding steroid dienone is 1. The number of hydrogen-bond acceptors (Lipinski definition) is 5. The molecule has 1 N–H and O–H groups in total. The van der Waals surface area contributed by atoms with Gasteiger partial charge in [-0.3, -0.25) is 4.79 Å². The fourth-order valence-electron chi connectivity index (χ4n) is 4.31. The molecule has 1 atom stereocenters. The minimum absolute atomic E-state index is 0.132. The molecule has 0 fully saturated rings. The molecule has 3 aromatic rings. The van der Waals surface area contributed by atoms with Crippen LogP contribution in [0.15, 0.2) is 84.9 Å². The Balaban J connectivity index is 1.69. The largest absolute Gasteiger partial charge is 0.466 e. The van der Waals surface area contributed by atoms with Crippen molar-refractivity contribution < 1.29 is 19.1 Å². The molecule has 0 radical (unpaired) electrons. The van der Waals surface area contributed by atoms with E-state index in [1.54, 1.807) is 6.92 Å². The Bertz CT molecular complexity index is 1160. The van der Waals surface area contributed by atoms with E-state index in [2.05, 4.69) is 59.9 Å². The van der Waals surface area contributed by atoms with Crippen molar-refractivity contribution in [3.63, 3.8) is 0 Å². The number of para-hydroxylation sites is 1. The SMILES string of the molecule is CCOC(=O)CCCCC(C=Cc1ccccc1NCc1ccccc1)Cc1ccc(C(=O)OCC)cc1. The number of rotatable bonds is 15. The molecule has 5 heteroatoms. The molecule has 0 saturated carbocycles. The van der Waals surface area contributed by atoms with Gasteiger partial charge >= 0.3 is 11.9 Å². The number of nitrogens with one attached hydrogen (secondary N) is 1. The van der Waals surface area contributed by atoms with Crippen molar-refractivity contribution in [2.24, 2.45) is 5.92 Å². The molecule has 0 spiro atoms. The molecule has 0 heterocycles. The van der Waals surface area contributed by atoms with Crippen molar-refractivity contribution >= 4 is 23.7 Å². The second-order valence-corrected chi connectivity index (χ2v) is 9.22. The maximum absolute atomic E-state index is 12.0. The highest BCUT2D eigenvalue weighted by atomic mass is 16.5. The zero-order valence-corrected chi connectivity index (χ0v) is 22.5. The highest BCUT2D eigenvalue weighted by Gasteiger charge is 2.11. The van der Waals surface area contributed by atoms with Gasteiger partial charge in [-0.1, -0.05) is 79.2 Å². The van der Waals surface area contributed by atoms with Crippen LogP contribution in [0.25, 0.3) is 6.08 Å². The lowest BCUT2D eigenvalue weighted by molar-refractivity contribution is -0.143. The monoisotopic (exact) mass is 513 g/mol. The first-order valence-corrected chi connectivity index (χ1v) is 13.6. The van der Waals surface area contributed by atoms with Crippen LogP contribution in [0.4, 0.5) is 5.69 Å². The van der Waals surface area contributed by atoms with Crippen LogP contribution in [0.5, 0.6) is 0 Å². The van der Waals surface area contributed by atoms with Crippen molar-refractivity contribution in [1.82, 2.24) is 0 Å². The van der Waals surface area contributed by atoms with Gasteiger partial charge in [0, 0.05) is 18.7 Å². The lowest BCUT2D eigenvalue weighted by atomic mass is 9.92. The number of carbonyl (C=O) groups is 2. The fourth-order valence-corrected chi connectivity index (χ4v) is 4.31. The minimum Gasteiger partial charge on any atom is -0.466 e. The number of benzene rings is 3. The van der Waals surface area contributed by atoms with Gasteiger partial charge in [-0.05, 0) is 73.9 Å². The molecule has 1 unspecified atom stereocenters. The van der Waals surface area contributed by atoms with Crippen LogP contribution in [0, 0.1) is 5.92 Å². The van der Waals surface area contributed by atoms with E-state index in [-0.39, 0.29) is 17.9 Å². The van der Waals surface area contributed by atoms with Crippen LogP contribution in [0.2, 0.25) is 0 Å². The maximum atomic E-state index is 12.0. The Labute approximate surface area is 226 Å². The molecule has 0 amide bonds. The summed E-state index contributed by atoms with van der Waals surface area (Å²) in [6.07, 6.45) is 8.45. The number of hydrogen-bond donors (Lipinski definition) is 1. The van der Waals surface area contributed by atoms with E-state index < -0.39 is 0 Å². The van der Waals surface area contributed by atoms with Gasteiger partial charge in [0.1, 0.15) is 0 Å². The van der Waals surface area contributed by atoms with Gasteiger partial charge in [-0.25, -0.2) is 4.79 Å². The molecule has 0 aromatic heterocycles. The summed E-state index contributed by atoms with van der Waals surface area (Å²) in [5, 5.41) is 3.56. The summed E-state index contributed by atoms with van der Waals surface area (Å²) in [7, 11) is 0. The quantitative estimate of drug-likeness (QED) is 0.169. The van der Waals surface area contributed by atoms with Gasteiger partial charge in [0.05, 0.1) is 18.8 Å². The number of ether oxygens (including phenoxy) is 2. The van der Waals surface area contributed by atoms with E-state index in [1.807, 2.05) is 43.3 Å². The molecule has 200 valence electrons. The third-order valence-corrected chi connectivity index (χ3v) is 6.31. The zero-order valence-electron chi connectivity index (χ0n) is 22.5. The molecule has 0 aliphatic rings. The van der Waals surface area contributed by atoms with Gasteiger partial charge in [0.2, 0.25) is 0 Å². The van der Waals surface area contributed by atoms with Gasteiger partial charge in [0.15, 0.2) is 0 Å². The predicted octanol–water partition coefficient (Wildman–Crippen LogP) is 7.47. The molecule has 38 heavy (non-hydrogen) atoms. The van der Waals surface area contributed by atoms with Gasteiger partial charge in [-0.15, -0.1) is 0 Å². The van der Waals surface area contributed by atoms with Crippen LogP contribution >= 0.6 is 0 Å². The summed E-state index contributed by atoms with van der Waals surface area (Å²) in [5.41, 5.74) is 5.19. The second-order valence-electron chi connectivity index (χ2n) is 9.22. The Morgan fingerprint density at radius 1 is 0.816 bits per heavy atom. The van der Waals surface area contributed by atoms with Crippen molar-refractivity contribution in [2.75, 3.05) is 18.5 Å². The zero-order chi connectivity index (χ0) is 27.0. The highest BCUT2D eigenvalue weighted by Crippen LogP contribution is 2.23. The summed E-state index contributed by atoms with van der Waals surface area (Å²) in [6.45, 7) is 5.18. The molecule has 5 nitrogen and oxygen atoms in total. The molecule has 0 aliphatic heterocycles. The van der Waals surface area contributed by atoms with Crippen molar-refractivity contribution in [3.8, 4) is 0 Å². The highest BCUT2D eigenvalue weighted by molar-refractivity contribution is 5.89. The average Bonchev–Trinajstić information content (AvgIpc) is 2.94. The van der Waals surface area contributed by atoms with E-state index >= 15 is 0 Å². The van der Waals surface area contributed by atoms with Crippen molar-refractivity contribution in [1.29, 1.82) is 0 Å². The molecule has 3 aromatic carbocycles. The topological polar surface area (TPSA) is 64.6 Å². The molecule has 3 rings (SSSR count). The maximum Gasteiger partial charge on any atom is 0.338 e. The van der Waals surface area contributed by atoms with Gasteiger partial charge in [-0.2, -0.15) is 0 Å². The number of carbonyl (C=O) groups excluding carboxylic acids is 2. The molecule has 0 aliphatic carbocycles. The number of esters is 2.